The van der Waals surface area contributed by atoms with Crippen LogP contribution in [0, 0.1) is 5.92 Å². The molecule has 2 amide bonds. The Hall–Kier alpha value is -2.87. The topological polar surface area (TPSA) is 116 Å². The summed E-state index contributed by atoms with van der Waals surface area (Å²) in [5.41, 5.74) is 5.65. The molecule has 1 heterocycles. The number of amides is 2. The smallest absolute Gasteiger partial charge is 0.405 e. The summed E-state index contributed by atoms with van der Waals surface area (Å²) in [5, 5.41) is 2.98. The number of benzene rings is 1. The number of carbonyl (C=O) groups is 2. The lowest BCUT2D eigenvalue weighted by molar-refractivity contribution is -0.114. The summed E-state index contributed by atoms with van der Waals surface area (Å²) in [7, 11) is 0. The lowest BCUT2D eigenvalue weighted by Crippen LogP contribution is -2.41. The Kier molecular flexibility index (Phi) is 7.39. The average Bonchev–Trinajstić information content (AvgIpc) is 2.59. The first kappa shape index (κ1) is 22.4. The highest BCUT2D eigenvalue weighted by atomic mass is 35.5. The van der Waals surface area contributed by atoms with Crippen molar-refractivity contribution in [2.24, 2.45) is 11.7 Å². The Morgan fingerprint density at radius 1 is 1.28 bits per heavy atom. The number of hydrogen-bond acceptors (Lipinski definition) is 6. The van der Waals surface area contributed by atoms with Gasteiger partial charge >= 0.3 is 6.09 Å². The molecule has 1 aromatic carbocycles. The molecule has 0 saturated carbocycles. The number of ether oxygens (including phenoxy) is 2. The SMILES string of the molecule is CC(=O)Nc1cc(-c2ccc(OCC(C)(CC(C)C)OC(N)=O)c(Cl)c2)ncn1. The van der Waals surface area contributed by atoms with Crippen molar-refractivity contribution in [1.82, 2.24) is 9.97 Å². The van der Waals surface area contributed by atoms with E-state index in [0.717, 1.165) is 5.56 Å². The fourth-order valence-electron chi connectivity index (χ4n) is 3.01. The molecule has 1 atom stereocenters. The van der Waals surface area contributed by atoms with Gasteiger partial charge in [-0.2, -0.15) is 0 Å². The monoisotopic (exact) mass is 420 g/mol. The van der Waals surface area contributed by atoms with Crippen molar-refractivity contribution in [3.05, 3.63) is 35.6 Å². The summed E-state index contributed by atoms with van der Waals surface area (Å²) in [5.74, 6) is 0.886. The lowest BCUT2D eigenvalue weighted by Gasteiger charge is -2.30. The van der Waals surface area contributed by atoms with Crippen molar-refractivity contribution in [3.8, 4) is 17.0 Å². The average molecular weight is 421 g/mol. The summed E-state index contributed by atoms with van der Waals surface area (Å²) >= 11 is 6.37. The normalized spacial score (nSPS) is 12.9. The summed E-state index contributed by atoms with van der Waals surface area (Å²) in [6.07, 6.45) is 1.09. The zero-order valence-corrected chi connectivity index (χ0v) is 17.6. The van der Waals surface area contributed by atoms with Gasteiger partial charge in [-0.15, -0.1) is 0 Å². The highest BCUT2D eigenvalue weighted by Crippen LogP contribution is 2.31. The van der Waals surface area contributed by atoms with Gasteiger partial charge in [0.1, 0.15) is 30.1 Å². The number of anilines is 1. The minimum atomic E-state index is -0.873. The molecule has 0 aliphatic carbocycles. The van der Waals surface area contributed by atoms with Gasteiger partial charge in [-0.3, -0.25) is 4.79 Å². The molecule has 0 fully saturated rings. The van der Waals surface area contributed by atoms with E-state index in [1.165, 1.54) is 13.3 Å². The third-order valence-electron chi connectivity index (χ3n) is 3.92. The third-order valence-corrected chi connectivity index (χ3v) is 4.21. The van der Waals surface area contributed by atoms with Crippen LogP contribution in [0.25, 0.3) is 11.3 Å². The molecule has 3 N–H and O–H groups in total. The summed E-state index contributed by atoms with van der Waals surface area (Å²) < 4.78 is 11.1. The maximum atomic E-state index is 11.3. The number of nitrogens with two attached hydrogens (primary N) is 1. The van der Waals surface area contributed by atoms with Crippen LogP contribution >= 0.6 is 11.6 Å². The van der Waals surface area contributed by atoms with Crippen LogP contribution in [0.2, 0.25) is 5.02 Å². The molecule has 0 aliphatic heterocycles. The summed E-state index contributed by atoms with van der Waals surface area (Å²) in [6.45, 7) is 7.31. The van der Waals surface area contributed by atoms with Gasteiger partial charge in [-0.1, -0.05) is 25.4 Å². The molecule has 0 radical (unpaired) electrons. The van der Waals surface area contributed by atoms with Crippen molar-refractivity contribution < 1.29 is 19.1 Å². The molecule has 0 aliphatic rings. The van der Waals surface area contributed by atoms with E-state index in [2.05, 4.69) is 15.3 Å². The van der Waals surface area contributed by atoms with E-state index in [9.17, 15) is 9.59 Å². The van der Waals surface area contributed by atoms with E-state index in [4.69, 9.17) is 26.8 Å². The summed E-state index contributed by atoms with van der Waals surface area (Å²) in [4.78, 5) is 30.7. The van der Waals surface area contributed by atoms with E-state index in [1.54, 1.807) is 31.2 Å². The van der Waals surface area contributed by atoms with Gasteiger partial charge < -0.3 is 20.5 Å². The Morgan fingerprint density at radius 2 is 2.00 bits per heavy atom. The predicted octanol–water partition coefficient (Wildman–Crippen LogP) is 4.03. The standard InChI is InChI=1S/C20H25ClN4O4/c1-12(2)9-20(4,29-19(22)27)10-28-17-6-5-14(7-15(17)21)16-8-18(24-11-23-16)25-13(3)26/h5-8,11-12H,9-10H2,1-4H3,(H2,22,27)(H,23,24,25,26). The molecule has 8 nitrogen and oxygen atoms in total. The Labute approximate surface area is 174 Å². The van der Waals surface area contributed by atoms with Gasteiger partial charge in [0.2, 0.25) is 5.91 Å². The van der Waals surface area contributed by atoms with E-state index in [1.807, 2.05) is 13.8 Å². The largest absolute Gasteiger partial charge is 0.488 e. The Balaban J connectivity index is 2.17. The highest BCUT2D eigenvalue weighted by Gasteiger charge is 2.30. The van der Waals surface area contributed by atoms with E-state index in [-0.39, 0.29) is 18.4 Å². The number of rotatable bonds is 8. The zero-order chi connectivity index (χ0) is 21.6. The van der Waals surface area contributed by atoms with Crippen LogP contribution in [-0.4, -0.2) is 34.2 Å². The molecule has 2 rings (SSSR count). The molecular formula is C20H25ClN4O4. The minimum Gasteiger partial charge on any atom is -0.488 e. The maximum absolute atomic E-state index is 11.3. The molecular weight excluding hydrogens is 396 g/mol. The second kappa shape index (κ2) is 9.56. The number of halogens is 1. The Bertz CT molecular complexity index is 891. The predicted molar refractivity (Wildman–Crippen MR) is 111 cm³/mol. The lowest BCUT2D eigenvalue weighted by atomic mass is 9.95. The molecule has 9 heteroatoms. The van der Waals surface area contributed by atoms with Gasteiger partial charge in [-0.05, 0) is 37.5 Å². The minimum absolute atomic E-state index is 0.105. The van der Waals surface area contributed by atoms with Crippen LogP contribution in [0.5, 0.6) is 5.75 Å². The fraction of sp³-hybridized carbons (Fsp3) is 0.400. The number of nitrogens with one attached hydrogen (secondary N) is 1. The highest BCUT2D eigenvalue weighted by molar-refractivity contribution is 6.32. The quantitative estimate of drug-likeness (QED) is 0.665. The van der Waals surface area contributed by atoms with Crippen LogP contribution in [0.3, 0.4) is 0 Å². The van der Waals surface area contributed by atoms with E-state index in [0.29, 0.717) is 28.7 Å². The number of nitrogens with zero attached hydrogens (tertiary/aromatic N) is 2. The second-order valence-electron chi connectivity index (χ2n) is 7.37. The first-order valence-corrected chi connectivity index (χ1v) is 9.46. The first-order chi connectivity index (χ1) is 13.6. The number of primary amides is 1. The van der Waals surface area contributed by atoms with Crippen LogP contribution < -0.4 is 15.8 Å². The first-order valence-electron chi connectivity index (χ1n) is 9.09. The van der Waals surface area contributed by atoms with E-state index >= 15 is 0 Å². The molecule has 0 saturated heterocycles. The molecule has 0 bridgehead atoms. The van der Waals surface area contributed by atoms with Gasteiger partial charge in [-0.25, -0.2) is 14.8 Å². The van der Waals surface area contributed by atoms with Crippen LogP contribution in [-0.2, 0) is 9.53 Å². The van der Waals surface area contributed by atoms with Crippen LogP contribution in [0.1, 0.15) is 34.1 Å². The van der Waals surface area contributed by atoms with Gasteiger partial charge in [0, 0.05) is 18.6 Å². The van der Waals surface area contributed by atoms with Crippen LogP contribution in [0.4, 0.5) is 10.6 Å². The van der Waals surface area contributed by atoms with Crippen molar-refractivity contribution in [2.75, 3.05) is 11.9 Å². The van der Waals surface area contributed by atoms with Gasteiger partial charge in [0.05, 0.1) is 10.7 Å². The molecule has 0 spiro atoms. The van der Waals surface area contributed by atoms with Gasteiger partial charge in [0.25, 0.3) is 0 Å². The second-order valence-corrected chi connectivity index (χ2v) is 7.78. The van der Waals surface area contributed by atoms with Gasteiger partial charge in [0.15, 0.2) is 0 Å². The third kappa shape index (κ3) is 6.90. The molecule has 29 heavy (non-hydrogen) atoms. The fourth-order valence-corrected chi connectivity index (χ4v) is 3.24. The van der Waals surface area contributed by atoms with Crippen molar-refractivity contribution >= 4 is 29.4 Å². The van der Waals surface area contributed by atoms with Crippen molar-refractivity contribution in [1.29, 1.82) is 0 Å². The molecule has 156 valence electrons. The van der Waals surface area contributed by atoms with Crippen LogP contribution in [0.15, 0.2) is 30.6 Å². The zero-order valence-electron chi connectivity index (χ0n) is 16.9. The summed E-state index contributed by atoms with van der Waals surface area (Å²) in [6, 6.07) is 6.84. The number of hydrogen-bond donors (Lipinski definition) is 2. The maximum Gasteiger partial charge on any atom is 0.405 e. The van der Waals surface area contributed by atoms with Crippen molar-refractivity contribution in [2.45, 2.75) is 39.7 Å². The number of carbonyl (C=O) groups excluding carboxylic acids is 2. The van der Waals surface area contributed by atoms with Crippen molar-refractivity contribution in [3.63, 3.8) is 0 Å². The number of aromatic nitrogens is 2. The van der Waals surface area contributed by atoms with E-state index < -0.39 is 11.7 Å². The Morgan fingerprint density at radius 3 is 2.59 bits per heavy atom. The molecule has 1 aromatic heterocycles. The molecule has 1 unspecified atom stereocenters. The molecule has 2 aromatic rings.